The van der Waals surface area contributed by atoms with E-state index in [1.807, 2.05) is 0 Å². The first kappa shape index (κ1) is 12.9. The molecule has 0 aromatic carbocycles. The summed E-state index contributed by atoms with van der Waals surface area (Å²) in [4.78, 5) is 0. The largest absolute Gasteiger partial charge is 0.381 e. The highest BCUT2D eigenvalue weighted by atomic mass is 16.5. The van der Waals surface area contributed by atoms with Crippen LogP contribution in [0.2, 0.25) is 0 Å². The van der Waals surface area contributed by atoms with Crippen molar-refractivity contribution < 1.29 is 4.74 Å². The maximum atomic E-state index is 6.11. The molecule has 1 heterocycles. The molecule has 0 radical (unpaired) electrons. The SMILES string of the molecule is CCC(C)C(N)CNC1(C)CCOCC1. The van der Waals surface area contributed by atoms with Crippen molar-refractivity contribution in [2.24, 2.45) is 11.7 Å². The lowest BCUT2D eigenvalue weighted by atomic mass is 9.91. The van der Waals surface area contributed by atoms with Crippen LogP contribution in [0.3, 0.4) is 0 Å². The summed E-state index contributed by atoms with van der Waals surface area (Å²) in [5.41, 5.74) is 6.35. The molecular formula is C12H26N2O. The molecule has 2 atom stereocenters. The fourth-order valence-corrected chi connectivity index (χ4v) is 1.87. The first-order valence-electron chi connectivity index (χ1n) is 6.16. The second-order valence-corrected chi connectivity index (χ2v) is 5.10. The van der Waals surface area contributed by atoms with Crippen molar-refractivity contribution in [3.63, 3.8) is 0 Å². The lowest BCUT2D eigenvalue weighted by Gasteiger charge is -2.36. The van der Waals surface area contributed by atoms with Gasteiger partial charge in [-0.2, -0.15) is 0 Å². The normalized spacial score (nSPS) is 24.8. The van der Waals surface area contributed by atoms with E-state index in [9.17, 15) is 0 Å². The molecule has 1 aliphatic rings. The van der Waals surface area contributed by atoms with Crippen LogP contribution in [0.4, 0.5) is 0 Å². The van der Waals surface area contributed by atoms with Crippen LogP contribution < -0.4 is 11.1 Å². The fraction of sp³-hybridized carbons (Fsp3) is 1.00. The van der Waals surface area contributed by atoms with Gasteiger partial charge in [0.15, 0.2) is 0 Å². The van der Waals surface area contributed by atoms with E-state index in [0.717, 1.165) is 39.0 Å². The van der Waals surface area contributed by atoms with Crippen molar-refractivity contribution in [3.8, 4) is 0 Å². The molecule has 1 aliphatic heterocycles. The minimum absolute atomic E-state index is 0.239. The van der Waals surface area contributed by atoms with Crippen LogP contribution in [0.15, 0.2) is 0 Å². The van der Waals surface area contributed by atoms with Gasteiger partial charge in [0.1, 0.15) is 0 Å². The Labute approximate surface area is 93.8 Å². The van der Waals surface area contributed by atoms with E-state index in [2.05, 4.69) is 26.1 Å². The number of nitrogens with two attached hydrogens (primary N) is 1. The topological polar surface area (TPSA) is 47.3 Å². The Morgan fingerprint density at radius 1 is 1.40 bits per heavy atom. The molecule has 3 heteroatoms. The second kappa shape index (κ2) is 5.83. The third-order valence-electron chi connectivity index (χ3n) is 3.74. The van der Waals surface area contributed by atoms with Crippen molar-refractivity contribution in [1.82, 2.24) is 5.32 Å². The van der Waals surface area contributed by atoms with E-state index in [4.69, 9.17) is 10.5 Å². The lowest BCUT2D eigenvalue weighted by Crippen LogP contribution is -2.51. The Morgan fingerprint density at radius 3 is 2.53 bits per heavy atom. The summed E-state index contributed by atoms with van der Waals surface area (Å²) in [6, 6.07) is 0.273. The van der Waals surface area contributed by atoms with E-state index < -0.39 is 0 Å². The predicted molar refractivity (Wildman–Crippen MR) is 63.9 cm³/mol. The summed E-state index contributed by atoms with van der Waals surface area (Å²) in [7, 11) is 0. The molecule has 1 fully saturated rings. The summed E-state index contributed by atoms with van der Waals surface area (Å²) in [6.45, 7) is 9.37. The minimum Gasteiger partial charge on any atom is -0.381 e. The molecule has 0 aromatic rings. The molecule has 90 valence electrons. The zero-order valence-corrected chi connectivity index (χ0v) is 10.4. The van der Waals surface area contributed by atoms with Gasteiger partial charge in [-0.1, -0.05) is 20.3 Å². The highest BCUT2D eigenvalue weighted by Crippen LogP contribution is 2.19. The van der Waals surface area contributed by atoms with Crippen molar-refractivity contribution in [3.05, 3.63) is 0 Å². The third-order valence-corrected chi connectivity index (χ3v) is 3.74. The minimum atomic E-state index is 0.239. The summed E-state index contributed by atoms with van der Waals surface area (Å²) >= 11 is 0. The van der Waals surface area contributed by atoms with Gasteiger partial charge >= 0.3 is 0 Å². The molecule has 1 rings (SSSR count). The number of ether oxygens (including phenoxy) is 1. The Kier molecular flexibility index (Phi) is 5.03. The monoisotopic (exact) mass is 214 g/mol. The quantitative estimate of drug-likeness (QED) is 0.729. The number of hydrogen-bond donors (Lipinski definition) is 2. The molecule has 3 nitrogen and oxygen atoms in total. The average Bonchev–Trinajstić information content (AvgIpc) is 2.26. The smallest absolute Gasteiger partial charge is 0.0483 e. The van der Waals surface area contributed by atoms with E-state index in [1.54, 1.807) is 0 Å². The first-order chi connectivity index (χ1) is 7.07. The van der Waals surface area contributed by atoms with E-state index in [0.29, 0.717) is 5.92 Å². The molecule has 15 heavy (non-hydrogen) atoms. The molecule has 0 spiro atoms. The molecule has 0 aromatic heterocycles. The van der Waals surface area contributed by atoms with Gasteiger partial charge in [-0.05, 0) is 25.7 Å². The molecule has 3 N–H and O–H groups in total. The summed E-state index contributed by atoms with van der Waals surface area (Å²) in [5.74, 6) is 0.598. The molecule has 0 aliphatic carbocycles. The first-order valence-corrected chi connectivity index (χ1v) is 6.16. The van der Waals surface area contributed by atoms with Crippen LogP contribution in [0.25, 0.3) is 0 Å². The van der Waals surface area contributed by atoms with Crippen LogP contribution in [-0.2, 0) is 4.74 Å². The number of rotatable bonds is 5. The van der Waals surface area contributed by atoms with E-state index >= 15 is 0 Å². The van der Waals surface area contributed by atoms with Crippen LogP contribution in [-0.4, -0.2) is 31.3 Å². The Balaban J connectivity index is 2.28. The van der Waals surface area contributed by atoms with Gasteiger partial charge in [0.25, 0.3) is 0 Å². The molecule has 0 saturated carbocycles. The Bertz CT molecular complexity index is 178. The highest BCUT2D eigenvalue weighted by Gasteiger charge is 2.27. The molecule has 2 unspecified atom stereocenters. The van der Waals surface area contributed by atoms with Crippen LogP contribution in [0.1, 0.15) is 40.0 Å². The number of nitrogens with one attached hydrogen (secondary N) is 1. The van der Waals surface area contributed by atoms with Crippen molar-refractivity contribution >= 4 is 0 Å². The van der Waals surface area contributed by atoms with Gasteiger partial charge in [0, 0.05) is 31.3 Å². The van der Waals surface area contributed by atoms with Gasteiger partial charge in [-0.15, -0.1) is 0 Å². The molecule has 0 bridgehead atoms. The lowest BCUT2D eigenvalue weighted by molar-refractivity contribution is 0.0442. The highest BCUT2D eigenvalue weighted by molar-refractivity contribution is 4.87. The average molecular weight is 214 g/mol. The van der Waals surface area contributed by atoms with Crippen LogP contribution >= 0.6 is 0 Å². The van der Waals surface area contributed by atoms with E-state index in [1.165, 1.54) is 0 Å². The second-order valence-electron chi connectivity index (χ2n) is 5.10. The molecule has 0 amide bonds. The molecular weight excluding hydrogens is 188 g/mol. The summed E-state index contributed by atoms with van der Waals surface area (Å²) in [5, 5.41) is 3.61. The number of hydrogen-bond acceptors (Lipinski definition) is 3. The fourth-order valence-electron chi connectivity index (χ4n) is 1.87. The van der Waals surface area contributed by atoms with Crippen molar-refractivity contribution in [1.29, 1.82) is 0 Å². The predicted octanol–water partition coefficient (Wildman–Crippen LogP) is 1.52. The third kappa shape index (κ3) is 4.09. The summed E-state index contributed by atoms with van der Waals surface area (Å²) in [6.07, 6.45) is 3.35. The van der Waals surface area contributed by atoms with Crippen LogP contribution in [0.5, 0.6) is 0 Å². The zero-order valence-electron chi connectivity index (χ0n) is 10.4. The standard InChI is InChI=1S/C12H26N2O/c1-4-10(2)11(13)9-14-12(3)5-7-15-8-6-12/h10-11,14H,4-9,13H2,1-3H3. The van der Waals surface area contributed by atoms with Gasteiger partial charge in [0.2, 0.25) is 0 Å². The maximum absolute atomic E-state index is 6.11. The zero-order chi connectivity index (χ0) is 11.3. The van der Waals surface area contributed by atoms with E-state index in [-0.39, 0.29) is 11.6 Å². The molecule has 1 saturated heterocycles. The maximum Gasteiger partial charge on any atom is 0.0483 e. The van der Waals surface area contributed by atoms with Crippen LogP contribution in [0, 0.1) is 5.92 Å². The van der Waals surface area contributed by atoms with Gasteiger partial charge < -0.3 is 15.8 Å². The van der Waals surface area contributed by atoms with Gasteiger partial charge in [-0.3, -0.25) is 0 Å². The van der Waals surface area contributed by atoms with Gasteiger partial charge in [-0.25, -0.2) is 0 Å². The van der Waals surface area contributed by atoms with Gasteiger partial charge in [0.05, 0.1) is 0 Å². The summed E-state index contributed by atoms with van der Waals surface area (Å²) < 4.78 is 5.37. The Morgan fingerprint density at radius 2 is 2.00 bits per heavy atom. The Hall–Kier alpha value is -0.120. The van der Waals surface area contributed by atoms with Crippen molar-refractivity contribution in [2.75, 3.05) is 19.8 Å². The van der Waals surface area contributed by atoms with Crippen molar-refractivity contribution in [2.45, 2.75) is 51.6 Å².